The van der Waals surface area contributed by atoms with Crippen LogP contribution in [-0.2, 0) is 11.3 Å². The van der Waals surface area contributed by atoms with E-state index >= 15 is 0 Å². The van der Waals surface area contributed by atoms with Crippen molar-refractivity contribution in [2.24, 2.45) is 0 Å². The van der Waals surface area contributed by atoms with Gasteiger partial charge in [0.25, 0.3) is 0 Å². The fraction of sp³-hybridized carbons (Fsp3) is 0.370. The largest absolute Gasteiger partial charge is 0.497 e. The van der Waals surface area contributed by atoms with E-state index in [0.29, 0.717) is 6.61 Å². The molecule has 0 aliphatic carbocycles. The molecule has 5 nitrogen and oxygen atoms in total. The maximum absolute atomic E-state index is 6.14. The summed E-state index contributed by atoms with van der Waals surface area (Å²) in [5.74, 6) is 2.45. The summed E-state index contributed by atoms with van der Waals surface area (Å²) < 4.78 is 18.2. The van der Waals surface area contributed by atoms with Gasteiger partial charge in [-0.25, -0.2) is 4.98 Å². The van der Waals surface area contributed by atoms with Crippen molar-refractivity contribution in [3.05, 3.63) is 74.9 Å². The molecule has 1 N–H and O–H groups in total. The highest BCUT2D eigenvalue weighted by molar-refractivity contribution is 9.10. The number of ether oxygens (including phenoxy) is 3. The third-order valence-corrected chi connectivity index (χ3v) is 6.24. The van der Waals surface area contributed by atoms with Gasteiger partial charge < -0.3 is 19.5 Å². The van der Waals surface area contributed by atoms with Crippen LogP contribution < -0.4 is 14.8 Å². The van der Waals surface area contributed by atoms with Gasteiger partial charge in [0.15, 0.2) is 0 Å². The topological polar surface area (TPSA) is 52.6 Å². The van der Waals surface area contributed by atoms with E-state index in [1.165, 1.54) is 0 Å². The lowest BCUT2D eigenvalue weighted by molar-refractivity contribution is 0.0656. The first kappa shape index (κ1) is 25.1. The van der Waals surface area contributed by atoms with Gasteiger partial charge >= 0.3 is 0 Å². The molecule has 0 spiro atoms. The number of hydrogen-bond donors (Lipinski definition) is 1. The van der Waals surface area contributed by atoms with Crippen molar-refractivity contribution in [3.63, 3.8) is 0 Å². The third-order valence-electron chi connectivity index (χ3n) is 5.64. The van der Waals surface area contributed by atoms with Crippen molar-refractivity contribution >= 4 is 27.4 Å². The van der Waals surface area contributed by atoms with Crippen LogP contribution in [0.1, 0.15) is 54.3 Å². The molecule has 0 bridgehead atoms. The van der Waals surface area contributed by atoms with Gasteiger partial charge in [-0.3, -0.25) is 0 Å². The Morgan fingerprint density at radius 3 is 2.45 bits per heavy atom. The monoisotopic (exact) mass is 512 g/mol. The molecular weight excluding hydrogens is 480 g/mol. The summed E-state index contributed by atoms with van der Waals surface area (Å²) in [6.07, 6.45) is 0.994. The smallest absolute Gasteiger partial charge is 0.145 e. The van der Waals surface area contributed by atoms with Gasteiger partial charge in [-0.1, -0.05) is 25.1 Å². The molecular formula is C27H33BrN2O3. The number of benzene rings is 2. The van der Waals surface area contributed by atoms with Gasteiger partial charge in [-0.05, 0) is 85.4 Å². The van der Waals surface area contributed by atoms with E-state index < -0.39 is 0 Å². The lowest BCUT2D eigenvalue weighted by Gasteiger charge is -2.20. The number of aryl methyl sites for hydroxylation is 2. The second-order valence-electron chi connectivity index (χ2n) is 8.15. The van der Waals surface area contributed by atoms with Gasteiger partial charge in [0.05, 0.1) is 17.7 Å². The van der Waals surface area contributed by atoms with Crippen LogP contribution in [0.3, 0.4) is 0 Å². The van der Waals surface area contributed by atoms with Crippen LogP contribution >= 0.6 is 15.9 Å². The Kier molecular flexibility index (Phi) is 8.75. The Labute approximate surface area is 205 Å². The molecule has 0 saturated carbocycles. The Bertz CT molecular complexity index is 1080. The Balaban J connectivity index is 1.80. The van der Waals surface area contributed by atoms with E-state index in [9.17, 15) is 0 Å². The Hall–Kier alpha value is -2.57. The van der Waals surface area contributed by atoms with E-state index in [2.05, 4.69) is 61.1 Å². The van der Waals surface area contributed by atoms with Crippen LogP contribution in [-0.4, -0.2) is 18.7 Å². The molecule has 0 amide bonds. The predicted octanol–water partition coefficient (Wildman–Crippen LogP) is 7.59. The number of hydrogen-bond acceptors (Lipinski definition) is 5. The van der Waals surface area contributed by atoms with E-state index in [1.807, 2.05) is 37.3 Å². The molecule has 1 atom stereocenters. The van der Waals surface area contributed by atoms with Crippen LogP contribution in [0.5, 0.6) is 11.5 Å². The average molecular weight is 513 g/mol. The zero-order valence-corrected chi connectivity index (χ0v) is 21.9. The third kappa shape index (κ3) is 6.27. The van der Waals surface area contributed by atoms with Crippen molar-refractivity contribution in [3.8, 4) is 11.5 Å². The molecule has 2 aromatic carbocycles. The van der Waals surface area contributed by atoms with Crippen LogP contribution in [0.15, 0.2) is 46.9 Å². The highest BCUT2D eigenvalue weighted by Gasteiger charge is 2.16. The SMILES string of the molecule is CCCOC(C)c1cc(Br)c(Nc2c(C)ccc(OCc3ccc(OC)cc3)c2C)nc1C. The van der Waals surface area contributed by atoms with E-state index in [0.717, 1.165) is 68.5 Å². The van der Waals surface area contributed by atoms with E-state index in [-0.39, 0.29) is 6.10 Å². The highest BCUT2D eigenvalue weighted by Crippen LogP contribution is 2.35. The number of nitrogens with one attached hydrogen (secondary N) is 1. The van der Waals surface area contributed by atoms with Gasteiger partial charge in [0, 0.05) is 29.1 Å². The summed E-state index contributed by atoms with van der Waals surface area (Å²) in [6, 6.07) is 14.1. The quantitative estimate of drug-likeness (QED) is 0.303. The minimum absolute atomic E-state index is 0.000884. The number of nitrogens with zero attached hydrogens (tertiary/aromatic N) is 1. The summed E-state index contributed by atoms with van der Waals surface area (Å²) in [5.41, 5.74) is 6.29. The fourth-order valence-corrected chi connectivity index (χ4v) is 4.09. The maximum Gasteiger partial charge on any atom is 0.145 e. The lowest BCUT2D eigenvalue weighted by Crippen LogP contribution is -2.07. The molecule has 176 valence electrons. The summed E-state index contributed by atoms with van der Waals surface area (Å²) in [7, 11) is 1.67. The van der Waals surface area contributed by atoms with Gasteiger partial charge in [-0.2, -0.15) is 0 Å². The van der Waals surface area contributed by atoms with Gasteiger partial charge in [0.1, 0.15) is 23.9 Å². The van der Waals surface area contributed by atoms with Crippen molar-refractivity contribution in [2.75, 3.05) is 19.0 Å². The number of rotatable bonds is 10. The standard InChI is InChI=1S/C27H33BrN2O3/c1-7-14-32-20(5)23-15-24(28)27(29-19(23)4)30-26-17(2)8-13-25(18(26)3)33-16-21-9-11-22(31-6)12-10-21/h8-13,15,20H,7,14,16H2,1-6H3,(H,29,30). The number of aromatic nitrogens is 1. The van der Waals surface area contributed by atoms with Crippen molar-refractivity contribution < 1.29 is 14.2 Å². The zero-order chi connectivity index (χ0) is 24.0. The second-order valence-corrected chi connectivity index (χ2v) is 9.00. The first-order valence-electron chi connectivity index (χ1n) is 11.3. The fourth-order valence-electron chi connectivity index (χ4n) is 3.66. The summed E-state index contributed by atoms with van der Waals surface area (Å²) in [6.45, 7) is 11.6. The Morgan fingerprint density at radius 1 is 1.06 bits per heavy atom. The molecule has 3 aromatic rings. The Morgan fingerprint density at radius 2 is 1.79 bits per heavy atom. The predicted molar refractivity (Wildman–Crippen MR) is 138 cm³/mol. The molecule has 1 unspecified atom stereocenters. The average Bonchev–Trinajstić information content (AvgIpc) is 2.81. The van der Waals surface area contributed by atoms with Gasteiger partial charge in [-0.15, -0.1) is 0 Å². The molecule has 0 fully saturated rings. The van der Waals surface area contributed by atoms with E-state index in [1.54, 1.807) is 7.11 Å². The maximum atomic E-state index is 6.14. The van der Waals surface area contributed by atoms with Crippen LogP contribution in [0.4, 0.5) is 11.5 Å². The van der Waals surface area contributed by atoms with Gasteiger partial charge in [0.2, 0.25) is 0 Å². The van der Waals surface area contributed by atoms with Crippen molar-refractivity contribution in [1.82, 2.24) is 4.98 Å². The number of anilines is 2. The number of methoxy groups -OCH3 is 1. The summed E-state index contributed by atoms with van der Waals surface area (Å²) in [5, 5.41) is 3.52. The molecule has 6 heteroatoms. The molecule has 0 saturated heterocycles. The molecule has 3 rings (SSSR count). The highest BCUT2D eigenvalue weighted by atomic mass is 79.9. The first-order valence-corrected chi connectivity index (χ1v) is 12.0. The van der Waals surface area contributed by atoms with Crippen LogP contribution in [0.2, 0.25) is 0 Å². The molecule has 1 heterocycles. The first-order chi connectivity index (χ1) is 15.8. The molecule has 0 radical (unpaired) electrons. The van der Waals surface area contributed by atoms with Crippen molar-refractivity contribution in [2.45, 2.75) is 53.8 Å². The van der Waals surface area contributed by atoms with Crippen LogP contribution in [0, 0.1) is 20.8 Å². The van der Waals surface area contributed by atoms with Crippen molar-refractivity contribution in [1.29, 1.82) is 0 Å². The molecule has 0 aliphatic heterocycles. The lowest BCUT2D eigenvalue weighted by atomic mass is 10.1. The van der Waals surface area contributed by atoms with E-state index in [4.69, 9.17) is 19.2 Å². The summed E-state index contributed by atoms with van der Waals surface area (Å²) >= 11 is 3.69. The minimum atomic E-state index is 0.000884. The normalized spacial score (nSPS) is 11.8. The molecule has 1 aromatic heterocycles. The number of pyridine rings is 1. The summed E-state index contributed by atoms with van der Waals surface area (Å²) in [4.78, 5) is 4.83. The zero-order valence-electron chi connectivity index (χ0n) is 20.3. The minimum Gasteiger partial charge on any atom is -0.497 e. The molecule has 0 aliphatic rings. The molecule has 33 heavy (non-hydrogen) atoms. The number of halogens is 1. The second kappa shape index (κ2) is 11.5. The van der Waals surface area contributed by atoms with Crippen LogP contribution in [0.25, 0.3) is 0 Å².